The summed E-state index contributed by atoms with van der Waals surface area (Å²) in [6.45, 7) is 2.80. The number of carbonyl (C=O) groups excluding carboxylic acids is 1. The van der Waals surface area contributed by atoms with Crippen molar-refractivity contribution >= 4 is 5.91 Å². The molecule has 14 nitrogen and oxygen atoms in total. The van der Waals surface area contributed by atoms with Gasteiger partial charge in [0.15, 0.2) is 6.29 Å². The van der Waals surface area contributed by atoms with Crippen LogP contribution in [-0.2, 0) is 34.9 Å². The predicted molar refractivity (Wildman–Crippen MR) is 140 cm³/mol. The number of nitrogens with two attached hydrogens (primary N) is 1. The molecule has 41 heavy (non-hydrogen) atoms. The maximum absolute atomic E-state index is 12.0. The lowest BCUT2D eigenvalue weighted by atomic mass is 9.79. The molecular weight excluding hydrogens is 544 g/mol. The molecule has 0 radical (unpaired) electrons. The standard InChI is InChI=1S/C27H42N2O12/c1-27(2)16(29-24(35)23(27)28)9-12-5-7-13(8-6-12)38-25-18(33)17(32)21(15(11-31)39-25)41-26-22(37-4)19(34)20(36-3)14(10-30)40-26/h5-8,14-23,25-26,30-34H,9-11,28H2,1-4H3,(H,29,35). The summed E-state index contributed by atoms with van der Waals surface area (Å²) in [6, 6.07) is 6.22. The maximum atomic E-state index is 12.0. The Bertz CT molecular complexity index is 1010. The first-order chi connectivity index (χ1) is 19.5. The molecule has 0 aromatic heterocycles. The first-order valence-electron chi connectivity index (χ1n) is 13.6. The lowest BCUT2D eigenvalue weighted by Gasteiger charge is -2.47. The SMILES string of the molecule is COC1C(CO)OC(OC2C(CO)OC(Oc3ccc(CC4NC(=O)C(N)C4(C)C)cc3)C(O)C2O)C(OC)C1O. The first kappa shape index (κ1) is 32.0. The maximum Gasteiger partial charge on any atom is 0.237 e. The number of aliphatic hydroxyl groups is 5. The summed E-state index contributed by atoms with van der Waals surface area (Å²) in [5.74, 6) is 0.154. The third-order valence-electron chi connectivity index (χ3n) is 8.37. The van der Waals surface area contributed by atoms with Gasteiger partial charge in [-0.1, -0.05) is 26.0 Å². The molecule has 0 saturated carbocycles. The van der Waals surface area contributed by atoms with E-state index in [4.69, 9.17) is 34.2 Å². The third kappa shape index (κ3) is 6.38. The van der Waals surface area contributed by atoms with Crippen LogP contribution in [0.4, 0.5) is 0 Å². The van der Waals surface area contributed by atoms with Crippen molar-refractivity contribution in [2.45, 2.75) is 93.8 Å². The van der Waals surface area contributed by atoms with Crippen LogP contribution in [-0.4, -0.2) is 132 Å². The summed E-state index contributed by atoms with van der Waals surface area (Å²) < 4.78 is 33.7. The van der Waals surface area contributed by atoms with Gasteiger partial charge in [-0.2, -0.15) is 0 Å². The molecule has 0 bridgehead atoms. The molecule has 3 saturated heterocycles. The second-order valence-corrected chi connectivity index (χ2v) is 11.3. The van der Waals surface area contributed by atoms with Gasteiger partial charge >= 0.3 is 0 Å². The molecule has 0 aliphatic carbocycles. The summed E-state index contributed by atoms with van der Waals surface area (Å²) in [7, 11) is 2.67. The lowest BCUT2D eigenvalue weighted by Crippen LogP contribution is -2.65. The fraction of sp³-hybridized carbons (Fsp3) is 0.741. The molecule has 0 spiro atoms. The van der Waals surface area contributed by atoms with E-state index in [2.05, 4.69) is 5.32 Å². The van der Waals surface area contributed by atoms with Gasteiger partial charge in [0.1, 0.15) is 54.6 Å². The Labute approximate surface area is 238 Å². The topological polar surface area (TPSA) is 212 Å². The van der Waals surface area contributed by atoms with E-state index in [0.717, 1.165) is 5.56 Å². The number of hydrogen-bond acceptors (Lipinski definition) is 13. The van der Waals surface area contributed by atoms with Crippen LogP contribution >= 0.6 is 0 Å². The molecule has 232 valence electrons. The van der Waals surface area contributed by atoms with Gasteiger partial charge in [0.25, 0.3) is 0 Å². The van der Waals surface area contributed by atoms with Crippen LogP contribution in [0.1, 0.15) is 19.4 Å². The van der Waals surface area contributed by atoms with Crippen molar-refractivity contribution in [3.8, 4) is 5.75 Å². The number of carbonyl (C=O) groups is 1. The molecule has 1 aromatic rings. The number of methoxy groups -OCH3 is 2. The minimum absolute atomic E-state index is 0.141. The number of nitrogens with one attached hydrogen (secondary N) is 1. The van der Waals surface area contributed by atoms with Gasteiger partial charge < -0.3 is 65.0 Å². The highest BCUT2D eigenvalue weighted by Crippen LogP contribution is 2.34. The average Bonchev–Trinajstić information content (AvgIpc) is 3.15. The summed E-state index contributed by atoms with van der Waals surface area (Å²) in [5, 5.41) is 55.1. The van der Waals surface area contributed by atoms with E-state index in [-0.39, 0.29) is 11.9 Å². The number of hydrogen-bond donors (Lipinski definition) is 7. The summed E-state index contributed by atoms with van der Waals surface area (Å²) >= 11 is 0. The van der Waals surface area contributed by atoms with Crippen LogP contribution in [0.2, 0.25) is 0 Å². The molecule has 3 aliphatic heterocycles. The smallest absolute Gasteiger partial charge is 0.237 e. The third-order valence-corrected chi connectivity index (χ3v) is 8.37. The summed E-state index contributed by atoms with van der Waals surface area (Å²) in [5.41, 5.74) is 6.53. The Morgan fingerprint density at radius 2 is 1.46 bits per heavy atom. The minimum Gasteiger partial charge on any atom is -0.462 e. The van der Waals surface area contributed by atoms with Crippen LogP contribution in [0.3, 0.4) is 0 Å². The van der Waals surface area contributed by atoms with Crippen molar-refractivity contribution in [1.29, 1.82) is 0 Å². The number of rotatable bonds is 10. The van der Waals surface area contributed by atoms with Gasteiger partial charge in [-0.15, -0.1) is 0 Å². The minimum atomic E-state index is -1.59. The highest BCUT2D eigenvalue weighted by atomic mass is 16.7. The van der Waals surface area contributed by atoms with Crippen LogP contribution < -0.4 is 15.8 Å². The number of benzene rings is 1. The van der Waals surface area contributed by atoms with Crippen LogP contribution in [0, 0.1) is 5.41 Å². The van der Waals surface area contributed by atoms with E-state index in [1.165, 1.54) is 14.2 Å². The predicted octanol–water partition coefficient (Wildman–Crippen LogP) is -2.61. The summed E-state index contributed by atoms with van der Waals surface area (Å²) in [6.07, 6.45) is -11.9. The highest BCUT2D eigenvalue weighted by Gasteiger charge is 2.52. The van der Waals surface area contributed by atoms with Crippen LogP contribution in [0.5, 0.6) is 5.75 Å². The van der Waals surface area contributed by atoms with Gasteiger partial charge in [0, 0.05) is 25.7 Å². The van der Waals surface area contributed by atoms with Crippen molar-refractivity contribution in [2.24, 2.45) is 11.1 Å². The van der Waals surface area contributed by atoms with Crippen LogP contribution in [0.15, 0.2) is 24.3 Å². The Morgan fingerprint density at radius 1 is 0.878 bits per heavy atom. The van der Waals surface area contributed by atoms with E-state index < -0.39 is 86.1 Å². The summed E-state index contributed by atoms with van der Waals surface area (Å²) in [4.78, 5) is 12.0. The largest absolute Gasteiger partial charge is 0.462 e. The Kier molecular flexibility index (Phi) is 10.2. The average molecular weight is 587 g/mol. The Morgan fingerprint density at radius 3 is 2.00 bits per heavy atom. The van der Waals surface area contributed by atoms with Crippen molar-refractivity contribution in [1.82, 2.24) is 5.32 Å². The molecule has 1 aromatic carbocycles. The van der Waals surface area contributed by atoms with E-state index in [9.17, 15) is 30.3 Å². The molecule has 1 amide bonds. The lowest BCUT2D eigenvalue weighted by molar-refractivity contribution is -0.356. The molecule has 4 rings (SSSR count). The fourth-order valence-corrected chi connectivity index (χ4v) is 5.56. The molecule has 3 fully saturated rings. The van der Waals surface area contributed by atoms with Gasteiger partial charge in [0.2, 0.25) is 12.2 Å². The van der Waals surface area contributed by atoms with Gasteiger partial charge in [-0.25, -0.2) is 0 Å². The van der Waals surface area contributed by atoms with Crippen molar-refractivity contribution < 1.29 is 58.7 Å². The van der Waals surface area contributed by atoms with E-state index in [0.29, 0.717) is 12.2 Å². The quantitative estimate of drug-likeness (QED) is 0.150. The normalized spacial score (nSPS) is 40.8. The molecule has 3 aliphatic rings. The fourth-order valence-electron chi connectivity index (χ4n) is 5.56. The Balaban J connectivity index is 1.40. The monoisotopic (exact) mass is 586 g/mol. The number of aliphatic hydroxyl groups excluding tert-OH is 5. The second-order valence-electron chi connectivity index (χ2n) is 11.3. The number of amides is 1. The number of ether oxygens (including phenoxy) is 6. The first-order valence-corrected chi connectivity index (χ1v) is 13.6. The van der Waals surface area contributed by atoms with E-state index in [1.54, 1.807) is 12.1 Å². The van der Waals surface area contributed by atoms with Crippen LogP contribution in [0.25, 0.3) is 0 Å². The van der Waals surface area contributed by atoms with E-state index >= 15 is 0 Å². The van der Waals surface area contributed by atoms with Crippen molar-refractivity contribution in [2.75, 3.05) is 27.4 Å². The molecular formula is C27H42N2O12. The van der Waals surface area contributed by atoms with Crippen molar-refractivity contribution in [3.63, 3.8) is 0 Å². The van der Waals surface area contributed by atoms with Crippen molar-refractivity contribution in [3.05, 3.63) is 29.8 Å². The zero-order chi connectivity index (χ0) is 30.1. The highest BCUT2D eigenvalue weighted by molar-refractivity contribution is 5.85. The zero-order valence-corrected chi connectivity index (χ0v) is 23.5. The molecule has 8 N–H and O–H groups in total. The van der Waals surface area contributed by atoms with E-state index in [1.807, 2.05) is 26.0 Å². The van der Waals surface area contributed by atoms with Gasteiger partial charge in [0.05, 0.1) is 19.3 Å². The Hall–Kier alpha value is -1.95. The zero-order valence-electron chi connectivity index (χ0n) is 23.5. The molecule has 12 atom stereocenters. The molecule has 3 heterocycles. The molecule has 12 unspecified atom stereocenters. The van der Waals surface area contributed by atoms with Gasteiger partial charge in [-0.05, 0) is 24.1 Å². The van der Waals surface area contributed by atoms with Gasteiger partial charge in [-0.3, -0.25) is 4.79 Å². The molecule has 14 heteroatoms. The second kappa shape index (κ2) is 13.1.